The summed E-state index contributed by atoms with van der Waals surface area (Å²) < 4.78 is 0. The summed E-state index contributed by atoms with van der Waals surface area (Å²) in [5.74, 6) is 0. The number of fused-ring (bicyclic) bond motifs is 1. The SMILES string of the molecule is Clc1cc(Cl)c2c(c1)CCC2Br. The van der Waals surface area contributed by atoms with Crippen molar-refractivity contribution in [2.45, 2.75) is 17.7 Å². The Hall–Kier alpha value is 0.280. The Morgan fingerprint density at radius 3 is 2.83 bits per heavy atom. The average molecular weight is 266 g/mol. The third-order valence-electron chi connectivity index (χ3n) is 2.16. The lowest BCUT2D eigenvalue weighted by molar-refractivity contribution is 0.903. The van der Waals surface area contributed by atoms with E-state index < -0.39 is 0 Å². The van der Waals surface area contributed by atoms with Crippen LogP contribution in [0.2, 0.25) is 10.0 Å². The molecule has 1 aliphatic rings. The number of hydrogen-bond acceptors (Lipinski definition) is 0. The first-order chi connectivity index (χ1) is 5.68. The second kappa shape index (κ2) is 3.21. The molecule has 12 heavy (non-hydrogen) atoms. The van der Waals surface area contributed by atoms with E-state index in [1.807, 2.05) is 12.1 Å². The normalized spacial score (nSPS) is 21.1. The Kier molecular flexibility index (Phi) is 2.37. The molecule has 0 aliphatic heterocycles. The molecule has 2 rings (SSSR count). The minimum absolute atomic E-state index is 0.414. The maximum absolute atomic E-state index is 6.06. The number of alkyl halides is 1. The van der Waals surface area contributed by atoms with Gasteiger partial charge in [0.05, 0.1) is 0 Å². The van der Waals surface area contributed by atoms with Gasteiger partial charge in [-0.25, -0.2) is 0 Å². The zero-order chi connectivity index (χ0) is 8.72. The van der Waals surface area contributed by atoms with Crippen LogP contribution in [0, 0.1) is 0 Å². The molecule has 0 heterocycles. The van der Waals surface area contributed by atoms with E-state index in [2.05, 4.69) is 15.9 Å². The highest BCUT2D eigenvalue weighted by Gasteiger charge is 2.22. The van der Waals surface area contributed by atoms with Crippen molar-refractivity contribution < 1.29 is 0 Å². The first kappa shape index (κ1) is 8.86. The number of halogens is 3. The molecule has 0 bridgehead atoms. The van der Waals surface area contributed by atoms with Gasteiger partial charge in [0.2, 0.25) is 0 Å². The molecule has 0 spiro atoms. The van der Waals surface area contributed by atoms with Gasteiger partial charge in [-0.1, -0.05) is 39.1 Å². The second-order valence-electron chi connectivity index (χ2n) is 2.97. The molecule has 0 saturated carbocycles. The van der Waals surface area contributed by atoms with E-state index in [0.29, 0.717) is 4.83 Å². The van der Waals surface area contributed by atoms with Gasteiger partial charge in [0, 0.05) is 14.9 Å². The van der Waals surface area contributed by atoms with E-state index in [-0.39, 0.29) is 0 Å². The van der Waals surface area contributed by atoms with Gasteiger partial charge in [0.25, 0.3) is 0 Å². The summed E-state index contributed by atoms with van der Waals surface area (Å²) in [6.45, 7) is 0. The summed E-state index contributed by atoms with van der Waals surface area (Å²) in [6.07, 6.45) is 2.20. The molecule has 0 nitrogen and oxygen atoms in total. The highest BCUT2D eigenvalue weighted by molar-refractivity contribution is 9.09. The van der Waals surface area contributed by atoms with Crippen molar-refractivity contribution in [3.8, 4) is 0 Å². The number of benzene rings is 1. The second-order valence-corrected chi connectivity index (χ2v) is 4.92. The van der Waals surface area contributed by atoms with Crippen molar-refractivity contribution >= 4 is 39.1 Å². The molecule has 1 aromatic rings. The third kappa shape index (κ3) is 1.39. The zero-order valence-electron chi connectivity index (χ0n) is 6.28. The molecule has 0 aromatic heterocycles. The minimum atomic E-state index is 0.414. The standard InChI is InChI=1S/C9H7BrCl2/c10-7-2-1-5-3-6(11)4-8(12)9(5)7/h3-4,7H,1-2H2. The Labute approximate surface area is 90.0 Å². The summed E-state index contributed by atoms with van der Waals surface area (Å²) in [4.78, 5) is 0.414. The first-order valence-corrected chi connectivity index (χ1v) is 5.47. The van der Waals surface area contributed by atoms with Crippen LogP contribution in [0.4, 0.5) is 0 Å². The lowest BCUT2D eigenvalue weighted by Gasteiger charge is -2.05. The zero-order valence-corrected chi connectivity index (χ0v) is 9.38. The molecule has 1 atom stereocenters. The molecule has 1 aliphatic carbocycles. The summed E-state index contributed by atoms with van der Waals surface area (Å²) in [5.41, 5.74) is 2.51. The summed E-state index contributed by atoms with van der Waals surface area (Å²) in [7, 11) is 0. The van der Waals surface area contributed by atoms with E-state index in [9.17, 15) is 0 Å². The van der Waals surface area contributed by atoms with Crippen LogP contribution in [0.1, 0.15) is 22.4 Å². The molecular formula is C9H7BrCl2. The Balaban J connectivity index is 2.60. The predicted octanol–water partition coefficient (Wildman–Crippen LogP) is 4.38. The number of hydrogen-bond donors (Lipinski definition) is 0. The van der Waals surface area contributed by atoms with E-state index in [0.717, 1.165) is 22.9 Å². The summed E-state index contributed by atoms with van der Waals surface area (Å²) >= 11 is 15.5. The Bertz CT molecular complexity index is 323. The highest BCUT2D eigenvalue weighted by Crippen LogP contribution is 2.42. The van der Waals surface area contributed by atoms with Crippen molar-refractivity contribution in [2.24, 2.45) is 0 Å². The molecule has 3 heteroatoms. The van der Waals surface area contributed by atoms with E-state index in [4.69, 9.17) is 23.2 Å². The predicted molar refractivity (Wildman–Crippen MR) is 56.5 cm³/mol. The summed E-state index contributed by atoms with van der Waals surface area (Å²) in [5, 5.41) is 1.53. The molecule has 0 saturated heterocycles. The largest absolute Gasteiger partial charge is 0.0843 e. The fourth-order valence-corrected chi connectivity index (χ4v) is 3.19. The maximum Gasteiger partial charge on any atom is 0.0466 e. The fraction of sp³-hybridized carbons (Fsp3) is 0.333. The van der Waals surface area contributed by atoms with Gasteiger partial charge in [0.1, 0.15) is 0 Å². The number of aryl methyl sites for hydroxylation is 1. The fourth-order valence-electron chi connectivity index (χ4n) is 1.62. The lowest BCUT2D eigenvalue weighted by atomic mass is 10.1. The van der Waals surface area contributed by atoms with Crippen LogP contribution in [0.5, 0.6) is 0 Å². The molecule has 0 amide bonds. The molecule has 0 N–H and O–H groups in total. The maximum atomic E-state index is 6.06. The van der Waals surface area contributed by atoms with E-state index in [1.54, 1.807) is 0 Å². The number of rotatable bonds is 0. The Morgan fingerprint density at radius 2 is 2.08 bits per heavy atom. The van der Waals surface area contributed by atoms with Crippen LogP contribution < -0.4 is 0 Å². The van der Waals surface area contributed by atoms with Crippen molar-refractivity contribution in [3.05, 3.63) is 33.3 Å². The molecule has 1 aromatic carbocycles. The lowest BCUT2D eigenvalue weighted by Crippen LogP contribution is -1.85. The van der Waals surface area contributed by atoms with Crippen LogP contribution >= 0.6 is 39.1 Å². The van der Waals surface area contributed by atoms with Crippen LogP contribution in [0.15, 0.2) is 12.1 Å². The molecule has 0 fully saturated rings. The highest BCUT2D eigenvalue weighted by atomic mass is 79.9. The van der Waals surface area contributed by atoms with Gasteiger partial charge in [-0.05, 0) is 36.1 Å². The van der Waals surface area contributed by atoms with Gasteiger partial charge in [0.15, 0.2) is 0 Å². The van der Waals surface area contributed by atoms with Crippen molar-refractivity contribution in [2.75, 3.05) is 0 Å². The van der Waals surface area contributed by atoms with E-state index in [1.165, 1.54) is 11.1 Å². The van der Waals surface area contributed by atoms with Crippen LogP contribution in [0.3, 0.4) is 0 Å². The molecular weight excluding hydrogens is 259 g/mol. The minimum Gasteiger partial charge on any atom is -0.0843 e. The van der Waals surface area contributed by atoms with Crippen molar-refractivity contribution in [1.29, 1.82) is 0 Å². The third-order valence-corrected chi connectivity index (χ3v) is 3.61. The molecule has 1 unspecified atom stereocenters. The summed E-state index contributed by atoms with van der Waals surface area (Å²) in [6, 6.07) is 3.81. The van der Waals surface area contributed by atoms with E-state index >= 15 is 0 Å². The van der Waals surface area contributed by atoms with Crippen LogP contribution in [0.25, 0.3) is 0 Å². The van der Waals surface area contributed by atoms with Crippen LogP contribution in [-0.2, 0) is 6.42 Å². The van der Waals surface area contributed by atoms with Gasteiger partial charge in [-0.15, -0.1) is 0 Å². The first-order valence-electron chi connectivity index (χ1n) is 3.80. The smallest absolute Gasteiger partial charge is 0.0466 e. The van der Waals surface area contributed by atoms with Gasteiger partial charge in [-0.2, -0.15) is 0 Å². The topological polar surface area (TPSA) is 0 Å². The van der Waals surface area contributed by atoms with Gasteiger partial charge >= 0.3 is 0 Å². The van der Waals surface area contributed by atoms with Gasteiger partial charge < -0.3 is 0 Å². The van der Waals surface area contributed by atoms with Crippen LogP contribution in [-0.4, -0.2) is 0 Å². The molecule has 0 radical (unpaired) electrons. The van der Waals surface area contributed by atoms with Gasteiger partial charge in [-0.3, -0.25) is 0 Å². The Morgan fingerprint density at radius 1 is 1.33 bits per heavy atom. The van der Waals surface area contributed by atoms with Crippen molar-refractivity contribution in [1.82, 2.24) is 0 Å². The average Bonchev–Trinajstić information content (AvgIpc) is 2.31. The molecule has 64 valence electrons. The monoisotopic (exact) mass is 264 g/mol. The quantitative estimate of drug-likeness (QED) is 0.611. The van der Waals surface area contributed by atoms with Crippen molar-refractivity contribution in [3.63, 3.8) is 0 Å².